The summed E-state index contributed by atoms with van der Waals surface area (Å²) in [5, 5.41) is 6.02. The molecule has 0 fully saturated rings. The first-order valence-electron chi connectivity index (χ1n) is 7.57. The number of carbonyl (C=O) groups is 1. The lowest BCUT2D eigenvalue weighted by Crippen LogP contribution is -2.39. The average molecular weight is 340 g/mol. The van der Waals surface area contributed by atoms with Crippen molar-refractivity contribution in [2.75, 3.05) is 7.11 Å². The molecule has 1 amide bonds. The van der Waals surface area contributed by atoms with Crippen LogP contribution >= 0.6 is 12.2 Å². The Morgan fingerprint density at radius 2 is 1.79 bits per heavy atom. The number of hydrogen-bond donors (Lipinski definition) is 2. The van der Waals surface area contributed by atoms with Gasteiger partial charge < -0.3 is 10.1 Å². The third-order valence-electron chi connectivity index (χ3n) is 3.44. The van der Waals surface area contributed by atoms with E-state index >= 15 is 0 Å². The highest BCUT2D eigenvalue weighted by molar-refractivity contribution is 7.80. The van der Waals surface area contributed by atoms with Crippen molar-refractivity contribution in [2.45, 2.75) is 13.0 Å². The van der Waals surface area contributed by atoms with E-state index < -0.39 is 0 Å². The van der Waals surface area contributed by atoms with Crippen molar-refractivity contribution in [3.05, 3.63) is 71.8 Å². The van der Waals surface area contributed by atoms with E-state index in [2.05, 4.69) is 10.6 Å². The standard InChI is InChI=1S/C19H20N2O2S/c1-14(15-8-4-3-5-9-15)20-19(24)21-18(22)13-12-16-10-6-7-11-17(16)23-2/h3-14H,1-2H3,(H2,20,21,22,24)/b13-12+. The van der Waals surface area contributed by atoms with Crippen LogP contribution in [0.3, 0.4) is 0 Å². The van der Waals surface area contributed by atoms with Crippen LogP contribution in [0.15, 0.2) is 60.7 Å². The second-order valence-electron chi connectivity index (χ2n) is 5.17. The molecular weight excluding hydrogens is 320 g/mol. The lowest BCUT2D eigenvalue weighted by molar-refractivity contribution is -0.115. The van der Waals surface area contributed by atoms with Gasteiger partial charge in [-0.3, -0.25) is 10.1 Å². The smallest absolute Gasteiger partial charge is 0.250 e. The van der Waals surface area contributed by atoms with Crippen LogP contribution in [0.5, 0.6) is 5.75 Å². The Morgan fingerprint density at radius 1 is 1.12 bits per heavy atom. The van der Waals surface area contributed by atoms with E-state index in [0.29, 0.717) is 10.9 Å². The van der Waals surface area contributed by atoms with Crippen LogP contribution in [0.25, 0.3) is 6.08 Å². The van der Waals surface area contributed by atoms with Gasteiger partial charge in [-0.25, -0.2) is 0 Å². The summed E-state index contributed by atoms with van der Waals surface area (Å²) in [6, 6.07) is 17.4. The molecule has 2 rings (SSSR count). The molecule has 124 valence electrons. The lowest BCUT2D eigenvalue weighted by atomic mass is 10.1. The maximum absolute atomic E-state index is 12.0. The molecular formula is C19H20N2O2S. The first-order chi connectivity index (χ1) is 11.6. The summed E-state index contributed by atoms with van der Waals surface area (Å²) in [5.74, 6) is 0.415. The summed E-state index contributed by atoms with van der Waals surface area (Å²) < 4.78 is 5.24. The number of amides is 1. The first kappa shape index (κ1) is 17.7. The highest BCUT2D eigenvalue weighted by Gasteiger charge is 2.08. The Kier molecular flexibility index (Phi) is 6.51. The summed E-state index contributed by atoms with van der Waals surface area (Å²) >= 11 is 5.18. The van der Waals surface area contributed by atoms with Gasteiger partial charge in [0.2, 0.25) is 5.91 Å². The van der Waals surface area contributed by atoms with Crippen LogP contribution in [-0.2, 0) is 4.79 Å². The monoisotopic (exact) mass is 340 g/mol. The largest absolute Gasteiger partial charge is 0.496 e. The molecule has 0 heterocycles. The summed E-state index contributed by atoms with van der Waals surface area (Å²) in [7, 11) is 1.59. The maximum Gasteiger partial charge on any atom is 0.250 e. The van der Waals surface area contributed by atoms with Gasteiger partial charge in [0.1, 0.15) is 5.75 Å². The molecule has 0 aliphatic rings. The highest BCUT2D eigenvalue weighted by atomic mass is 32.1. The van der Waals surface area contributed by atoms with Gasteiger partial charge in [0.15, 0.2) is 5.11 Å². The minimum absolute atomic E-state index is 0.0113. The molecule has 4 nitrogen and oxygen atoms in total. The number of hydrogen-bond acceptors (Lipinski definition) is 3. The van der Waals surface area contributed by atoms with Crippen molar-refractivity contribution >= 4 is 29.3 Å². The molecule has 0 bridgehead atoms. The maximum atomic E-state index is 12.0. The van der Waals surface area contributed by atoms with Gasteiger partial charge in [-0.05, 0) is 36.8 Å². The van der Waals surface area contributed by atoms with E-state index in [-0.39, 0.29) is 11.9 Å². The van der Waals surface area contributed by atoms with Gasteiger partial charge in [-0.1, -0.05) is 48.5 Å². The van der Waals surface area contributed by atoms with E-state index in [0.717, 1.165) is 11.1 Å². The molecule has 0 saturated heterocycles. The number of methoxy groups -OCH3 is 1. The summed E-state index contributed by atoms with van der Waals surface area (Å²) in [6.45, 7) is 1.98. The molecule has 1 unspecified atom stereocenters. The van der Waals surface area contributed by atoms with Gasteiger partial charge in [0, 0.05) is 11.6 Å². The Balaban J connectivity index is 1.90. The molecule has 0 spiro atoms. The predicted octanol–water partition coefficient (Wildman–Crippen LogP) is 3.46. The average Bonchev–Trinajstić information content (AvgIpc) is 2.60. The summed E-state index contributed by atoms with van der Waals surface area (Å²) in [6.07, 6.45) is 3.12. The second-order valence-corrected chi connectivity index (χ2v) is 5.58. The van der Waals surface area contributed by atoms with Gasteiger partial charge in [0.05, 0.1) is 13.2 Å². The number of thiocarbonyl (C=S) groups is 1. The summed E-state index contributed by atoms with van der Waals surface area (Å²) in [4.78, 5) is 12.0. The topological polar surface area (TPSA) is 50.4 Å². The van der Waals surface area contributed by atoms with Gasteiger partial charge >= 0.3 is 0 Å². The zero-order chi connectivity index (χ0) is 17.4. The third kappa shape index (κ3) is 5.21. The normalized spacial score (nSPS) is 11.8. The van der Waals surface area contributed by atoms with Crippen LogP contribution in [0, 0.1) is 0 Å². The van der Waals surface area contributed by atoms with Gasteiger partial charge in [0.25, 0.3) is 0 Å². The molecule has 2 aromatic carbocycles. The van der Waals surface area contributed by atoms with Crippen molar-refractivity contribution in [1.29, 1.82) is 0 Å². The number of benzene rings is 2. The fourth-order valence-electron chi connectivity index (χ4n) is 2.18. The van der Waals surface area contributed by atoms with Crippen LogP contribution in [0.2, 0.25) is 0 Å². The molecule has 0 saturated carbocycles. The van der Waals surface area contributed by atoms with Crippen molar-refractivity contribution in [3.63, 3.8) is 0 Å². The van der Waals surface area contributed by atoms with Gasteiger partial charge in [-0.15, -0.1) is 0 Å². The molecule has 1 atom stereocenters. The number of rotatable bonds is 5. The van der Waals surface area contributed by atoms with Crippen molar-refractivity contribution in [3.8, 4) is 5.75 Å². The van der Waals surface area contributed by atoms with Crippen molar-refractivity contribution < 1.29 is 9.53 Å². The second kappa shape index (κ2) is 8.84. The number of ether oxygens (including phenoxy) is 1. The quantitative estimate of drug-likeness (QED) is 0.646. The van der Waals surface area contributed by atoms with Crippen molar-refractivity contribution in [2.24, 2.45) is 0 Å². The minimum Gasteiger partial charge on any atom is -0.496 e. The van der Waals surface area contributed by atoms with Crippen LogP contribution in [0.4, 0.5) is 0 Å². The number of para-hydroxylation sites is 1. The number of carbonyl (C=O) groups excluding carboxylic acids is 1. The molecule has 0 aromatic heterocycles. The van der Waals surface area contributed by atoms with E-state index in [1.807, 2.05) is 61.5 Å². The SMILES string of the molecule is COc1ccccc1/C=C/C(=O)NC(=S)NC(C)c1ccccc1. The van der Waals surface area contributed by atoms with Crippen molar-refractivity contribution in [1.82, 2.24) is 10.6 Å². The summed E-state index contributed by atoms with van der Waals surface area (Å²) in [5.41, 5.74) is 1.92. The molecule has 24 heavy (non-hydrogen) atoms. The zero-order valence-corrected chi connectivity index (χ0v) is 14.5. The minimum atomic E-state index is -0.293. The Morgan fingerprint density at radius 3 is 2.50 bits per heavy atom. The van der Waals surface area contributed by atoms with Crippen LogP contribution in [-0.4, -0.2) is 18.1 Å². The molecule has 0 aliphatic heterocycles. The Hall–Kier alpha value is -2.66. The van der Waals surface area contributed by atoms with E-state index in [9.17, 15) is 4.79 Å². The van der Waals surface area contributed by atoms with Crippen LogP contribution in [0.1, 0.15) is 24.1 Å². The Bertz CT molecular complexity index is 729. The molecule has 0 radical (unpaired) electrons. The van der Waals surface area contributed by atoms with E-state index in [1.54, 1.807) is 13.2 Å². The molecule has 0 aliphatic carbocycles. The first-order valence-corrected chi connectivity index (χ1v) is 7.98. The van der Waals surface area contributed by atoms with E-state index in [4.69, 9.17) is 17.0 Å². The molecule has 2 N–H and O–H groups in total. The highest BCUT2D eigenvalue weighted by Crippen LogP contribution is 2.18. The zero-order valence-electron chi connectivity index (χ0n) is 13.7. The van der Waals surface area contributed by atoms with Gasteiger partial charge in [-0.2, -0.15) is 0 Å². The van der Waals surface area contributed by atoms with E-state index in [1.165, 1.54) is 6.08 Å². The lowest BCUT2D eigenvalue weighted by Gasteiger charge is -2.16. The fourth-order valence-corrected chi connectivity index (χ4v) is 2.46. The predicted molar refractivity (Wildman–Crippen MR) is 101 cm³/mol. The molecule has 5 heteroatoms. The molecule has 2 aromatic rings. The Labute approximate surface area is 147 Å². The third-order valence-corrected chi connectivity index (χ3v) is 3.66. The van der Waals surface area contributed by atoms with Crippen LogP contribution < -0.4 is 15.4 Å². The number of nitrogens with one attached hydrogen (secondary N) is 2. The fraction of sp³-hybridized carbons (Fsp3) is 0.158.